The fourth-order valence-corrected chi connectivity index (χ4v) is 1.31. The highest BCUT2D eigenvalue weighted by atomic mass is 16.2. The first-order valence-corrected chi connectivity index (χ1v) is 4.22. The summed E-state index contributed by atoms with van der Waals surface area (Å²) in [6.45, 7) is 1.79. The lowest BCUT2D eigenvalue weighted by Gasteiger charge is -1.98. The van der Waals surface area contributed by atoms with E-state index in [0.717, 1.165) is 5.69 Å². The third kappa shape index (κ3) is 1.38. The van der Waals surface area contributed by atoms with Crippen LogP contribution in [-0.2, 0) is 0 Å². The Morgan fingerprint density at radius 1 is 1.67 bits per heavy atom. The summed E-state index contributed by atoms with van der Waals surface area (Å²) in [7, 11) is 0. The standard InChI is InChI=1S/C8H9N5O2/c1-4-2-6-10-3-5(7(14)11-9)8(15)13(6)12-4/h2-3,12H,9H2,1H3,(H,11,14). The summed E-state index contributed by atoms with van der Waals surface area (Å²) < 4.78 is 1.19. The molecule has 0 saturated heterocycles. The fraction of sp³-hybridized carbons (Fsp3) is 0.125. The molecule has 4 N–H and O–H groups in total. The first-order chi connectivity index (χ1) is 7.13. The molecule has 0 fully saturated rings. The fourth-order valence-electron chi connectivity index (χ4n) is 1.31. The van der Waals surface area contributed by atoms with Crippen molar-refractivity contribution in [3.63, 3.8) is 0 Å². The molecule has 0 atom stereocenters. The predicted octanol–water partition coefficient (Wildman–Crippen LogP) is -1.07. The van der Waals surface area contributed by atoms with E-state index in [0.29, 0.717) is 5.65 Å². The van der Waals surface area contributed by atoms with Crippen molar-refractivity contribution in [2.24, 2.45) is 5.84 Å². The van der Waals surface area contributed by atoms with Crippen LogP contribution >= 0.6 is 0 Å². The van der Waals surface area contributed by atoms with Gasteiger partial charge >= 0.3 is 0 Å². The number of amides is 1. The maximum absolute atomic E-state index is 11.7. The Hall–Kier alpha value is -2.15. The zero-order chi connectivity index (χ0) is 11.0. The third-order valence-corrected chi connectivity index (χ3v) is 2.00. The molecule has 0 unspecified atom stereocenters. The SMILES string of the molecule is Cc1cc2ncc(C(=O)NN)c(=O)n2[nH]1. The van der Waals surface area contributed by atoms with E-state index in [1.807, 2.05) is 5.43 Å². The van der Waals surface area contributed by atoms with Crippen molar-refractivity contribution < 1.29 is 4.79 Å². The van der Waals surface area contributed by atoms with E-state index >= 15 is 0 Å². The average Bonchev–Trinajstić information content (AvgIpc) is 2.59. The maximum Gasteiger partial charge on any atom is 0.285 e. The van der Waals surface area contributed by atoms with E-state index in [9.17, 15) is 9.59 Å². The van der Waals surface area contributed by atoms with Crippen molar-refractivity contribution in [3.8, 4) is 0 Å². The number of H-pyrrole nitrogens is 1. The molecule has 0 aliphatic carbocycles. The summed E-state index contributed by atoms with van der Waals surface area (Å²) in [5.74, 6) is 4.28. The lowest BCUT2D eigenvalue weighted by atomic mass is 10.3. The van der Waals surface area contributed by atoms with Gasteiger partial charge in [0.1, 0.15) is 5.56 Å². The zero-order valence-corrected chi connectivity index (χ0v) is 7.94. The summed E-state index contributed by atoms with van der Waals surface area (Å²) in [5, 5.41) is 2.77. The van der Waals surface area contributed by atoms with Crippen LogP contribution in [0.15, 0.2) is 17.1 Å². The van der Waals surface area contributed by atoms with Gasteiger partial charge < -0.3 is 0 Å². The Bertz CT molecular complexity index is 582. The van der Waals surface area contributed by atoms with E-state index in [1.165, 1.54) is 10.7 Å². The predicted molar refractivity (Wildman–Crippen MR) is 52.2 cm³/mol. The number of nitrogen functional groups attached to an aromatic ring is 1. The van der Waals surface area contributed by atoms with Gasteiger partial charge in [-0.15, -0.1) is 0 Å². The van der Waals surface area contributed by atoms with Gasteiger partial charge in [0.15, 0.2) is 5.65 Å². The van der Waals surface area contributed by atoms with E-state index in [1.54, 1.807) is 13.0 Å². The Kier molecular flexibility index (Phi) is 2.01. The topological polar surface area (TPSA) is 105 Å². The minimum atomic E-state index is -0.658. The van der Waals surface area contributed by atoms with Crippen LogP contribution in [-0.4, -0.2) is 20.5 Å². The van der Waals surface area contributed by atoms with Crippen LogP contribution < -0.4 is 16.8 Å². The third-order valence-electron chi connectivity index (χ3n) is 2.00. The number of nitrogens with zero attached hydrogens (tertiary/aromatic N) is 2. The van der Waals surface area contributed by atoms with Gasteiger partial charge in [-0.3, -0.25) is 20.1 Å². The van der Waals surface area contributed by atoms with Crippen LogP contribution in [0.3, 0.4) is 0 Å². The molecule has 0 saturated carbocycles. The molecule has 2 aromatic heterocycles. The number of nitrogens with two attached hydrogens (primary N) is 1. The molecule has 0 spiro atoms. The molecule has 2 heterocycles. The number of fused-ring (bicyclic) bond motifs is 1. The van der Waals surface area contributed by atoms with E-state index in [4.69, 9.17) is 5.84 Å². The molecule has 1 amide bonds. The van der Waals surface area contributed by atoms with Gasteiger partial charge in [-0.2, -0.15) is 0 Å². The Morgan fingerprint density at radius 2 is 2.40 bits per heavy atom. The van der Waals surface area contributed by atoms with Crippen molar-refractivity contribution in [2.45, 2.75) is 6.92 Å². The summed E-state index contributed by atoms with van der Waals surface area (Å²) in [5.41, 5.74) is 2.56. The highest BCUT2D eigenvalue weighted by Gasteiger charge is 2.12. The molecule has 78 valence electrons. The number of hydrogen-bond donors (Lipinski definition) is 3. The number of carbonyl (C=O) groups excluding carboxylic acids is 1. The van der Waals surface area contributed by atoms with E-state index < -0.39 is 11.5 Å². The minimum Gasteiger partial charge on any atom is -0.294 e. The monoisotopic (exact) mass is 207 g/mol. The quantitative estimate of drug-likeness (QED) is 0.314. The molecular formula is C8H9N5O2. The van der Waals surface area contributed by atoms with Crippen LogP contribution in [0.25, 0.3) is 5.65 Å². The van der Waals surface area contributed by atoms with Crippen LogP contribution in [0.1, 0.15) is 16.1 Å². The van der Waals surface area contributed by atoms with E-state index in [2.05, 4.69) is 10.1 Å². The van der Waals surface area contributed by atoms with Gasteiger partial charge in [0.25, 0.3) is 11.5 Å². The molecule has 0 aliphatic heterocycles. The number of hydrogen-bond acceptors (Lipinski definition) is 4. The van der Waals surface area contributed by atoms with Gasteiger partial charge in [-0.25, -0.2) is 15.3 Å². The number of aryl methyl sites for hydroxylation is 1. The number of carbonyl (C=O) groups is 1. The molecular weight excluding hydrogens is 198 g/mol. The minimum absolute atomic E-state index is 0.100. The number of hydrazine groups is 1. The van der Waals surface area contributed by atoms with Crippen molar-refractivity contribution >= 4 is 11.6 Å². The molecule has 2 rings (SSSR count). The Balaban J connectivity index is 2.75. The summed E-state index contributed by atoms with van der Waals surface area (Å²) in [4.78, 5) is 26.8. The van der Waals surface area contributed by atoms with Crippen LogP contribution in [0, 0.1) is 6.92 Å². The van der Waals surface area contributed by atoms with Crippen LogP contribution in [0.2, 0.25) is 0 Å². The van der Waals surface area contributed by atoms with E-state index in [-0.39, 0.29) is 5.56 Å². The molecule has 0 aliphatic rings. The second-order valence-corrected chi connectivity index (χ2v) is 3.08. The lowest BCUT2D eigenvalue weighted by molar-refractivity contribution is 0.0951. The van der Waals surface area contributed by atoms with Gasteiger partial charge in [-0.05, 0) is 6.92 Å². The van der Waals surface area contributed by atoms with Crippen molar-refractivity contribution in [1.29, 1.82) is 0 Å². The van der Waals surface area contributed by atoms with Crippen molar-refractivity contribution in [3.05, 3.63) is 33.9 Å². The second-order valence-electron chi connectivity index (χ2n) is 3.08. The molecule has 15 heavy (non-hydrogen) atoms. The van der Waals surface area contributed by atoms with Gasteiger partial charge in [0, 0.05) is 18.0 Å². The number of aromatic amines is 1. The summed E-state index contributed by atoms with van der Waals surface area (Å²) in [6, 6.07) is 1.70. The van der Waals surface area contributed by atoms with Crippen molar-refractivity contribution in [1.82, 2.24) is 20.0 Å². The number of rotatable bonds is 1. The first kappa shape index (κ1) is 9.41. The number of nitrogens with one attached hydrogen (secondary N) is 2. The largest absolute Gasteiger partial charge is 0.294 e. The lowest BCUT2D eigenvalue weighted by Crippen LogP contribution is -2.35. The van der Waals surface area contributed by atoms with Gasteiger partial charge in [-0.1, -0.05) is 0 Å². The molecule has 0 aromatic carbocycles. The Morgan fingerprint density at radius 3 is 3.07 bits per heavy atom. The van der Waals surface area contributed by atoms with Gasteiger partial charge in [0.2, 0.25) is 0 Å². The molecule has 7 nitrogen and oxygen atoms in total. The summed E-state index contributed by atoms with van der Waals surface area (Å²) >= 11 is 0. The molecule has 0 bridgehead atoms. The highest BCUT2D eigenvalue weighted by Crippen LogP contribution is 1.99. The number of aromatic nitrogens is 3. The molecule has 2 aromatic rings. The van der Waals surface area contributed by atoms with Crippen molar-refractivity contribution in [2.75, 3.05) is 0 Å². The normalized spacial score (nSPS) is 10.5. The maximum atomic E-state index is 11.7. The summed E-state index contributed by atoms with van der Waals surface area (Å²) in [6.07, 6.45) is 1.20. The smallest absolute Gasteiger partial charge is 0.285 e. The molecule has 7 heteroatoms. The second kappa shape index (κ2) is 3.21. The first-order valence-electron chi connectivity index (χ1n) is 4.22. The van der Waals surface area contributed by atoms with Gasteiger partial charge in [0.05, 0.1) is 0 Å². The van der Waals surface area contributed by atoms with Crippen LogP contribution in [0.5, 0.6) is 0 Å². The molecule has 0 radical (unpaired) electrons. The highest BCUT2D eigenvalue weighted by molar-refractivity contribution is 5.93. The zero-order valence-electron chi connectivity index (χ0n) is 7.94. The Labute approximate surface area is 83.9 Å². The van der Waals surface area contributed by atoms with Crippen LogP contribution in [0.4, 0.5) is 0 Å². The average molecular weight is 207 g/mol.